The number of nitrogens with one attached hydrogen (secondary N) is 2. The van der Waals surface area contributed by atoms with Crippen LogP contribution in [-0.4, -0.2) is 36.9 Å². The van der Waals surface area contributed by atoms with Crippen molar-refractivity contribution in [2.45, 2.75) is 19.4 Å². The van der Waals surface area contributed by atoms with Crippen LogP contribution in [0.3, 0.4) is 0 Å². The third-order valence-corrected chi connectivity index (χ3v) is 5.55. The maximum atomic E-state index is 12.7. The summed E-state index contributed by atoms with van der Waals surface area (Å²) in [6, 6.07) is 21.7. The molecule has 3 aromatic rings. The molecule has 2 amide bonds. The highest BCUT2D eigenvalue weighted by molar-refractivity contribution is 6.06. The van der Waals surface area contributed by atoms with Gasteiger partial charge >= 0.3 is 0 Å². The summed E-state index contributed by atoms with van der Waals surface area (Å²) >= 11 is 0. The molecule has 0 unspecified atom stereocenters. The SMILES string of the molecule is COc1ccc(NC(=O)c2ccc(NC(=O)c3cccc(CN4CCCC4)c3)cc2)cc1. The van der Waals surface area contributed by atoms with Crippen LogP contribution >= 0.6 is 0 Å². The average molecular weight is 430 g/mol. The predicted molar refractivity (Wildman–Crippen MR) is 126 cm³/mol. The smallest absolute Gasteiger partial charge is 0.255 e. The number of ether oxygens (including phenoxy) is 1. The molecule has 32 heavy (non-hydrogen) atoms. The van der Waals surface area contributed by atoms with E-state index >= 15 is 0 Å². The molecule has 0 aliphatic carbocycles. The summed E-state index contributed by atoms with van der Waals surface area (Å²) < 4.78 is 5.12. The van der Waals surface area contributed by atoms with E-state index in [9.17, 15) is 9.59 Å². The average Bonchev–Trinajstić information content (AvgIpc) is 3.33. The first kappa shape index (κ1) is 21.6. The molecule has 0 radical (unpaired) electrons. The molecule has 1 aliphatic rings. The van der Waals surface area contributed by atoms with E-state index in [2.05, 4.69) is 21.6 Å². The quantitative estimate of drug-likeness (QED) is 0.566. The van der Waals surface area contributed by atoms with Crippen molar-refractivity contribution >= 4 is 23.2 Å². The van der Waals surface area contributed by atoms with Gasteiger partial charge in [0, 0.05) is 29.0 Å². The number of rotatable bonds is 7. The Labute approximate surface area is 188 Å². The maximum Gasteiger partial charge on any atom is 0.255 e. The highest BCUT2D eigenvalue weighted by atomic mass is 16.5. The van der Waals surface area contributed by atoms with Crippen molar-refractivity contribution in [2.24, 2.45) is 0 Å². The molecule has 4 rings (SSSR count). The van der Waals surface area contributed by atoms with Crippen molar-refractivity contribution in [3.8, 4) is 5.75 Å². The van der Waals surface area contributed by atoms with Crippen LogP contribution in [0.1, 0.15) is 39.1 Å². The normalized spacial score (nSPS) is 13.5. The molecule has 1 saturated heterocycles. The fourth-order valence-corrected chi connectivity index (χ4v) is 3.80. The fourth-order valence-electron chi connectivity index (χ4n) is 3.80. The molecule has 0 spiro atoms. The lowest BCUT2D eigenvalue weighted by molar-refractivity contribution is 0.102. The van der Waals surface area contributed by atoms with Crippen LogP contribution in [-0.2, 0) is 6.54 Å². The first-order valence-corrected chi connectivity index (χ1v) is 10.8. The molecule has 0 saturated carbocycles. The zero-order valence-electron chi connectivity index (χ0n) is 18.1. The van der Waals surface area contributed by atoms with Crippen LogP contribution in [0.25, 0.3) is 0 Å². The number of likely N-dealkylation sites (tertiary alicyclic amines) is 1. The lowest BCUT2D eigenvalue weighted by Gasteiger charge is -2.15. The second kappa shape index (κ2) is 10.1. The lowest BCUT2D eigenvalue weighted by Crippen LogP contribution is -2.19. The number of carbonyl (C=O) groups excluding carboxylic acids is 2. The summed E-state index contributed by atoms with van der Waals surface area (Å²) in [7, 11) is 1.60. The Morgan fingerprint density at radius 2 is 1.41 bits per heavy atom. The molecule has 1 fully saturated rings. The van der Waals surface area contributed by atoms with Crippen molar-refractivity contribution < 1.29 is 14.3 Å². The minimum Gasteiger partial charge on any atom is -0.497 e. The molecular weight excluding hydrogens is 402 g/mol. The van der Waals surface area contributed by atoms with Gasteiger partial charge in [0.2, 0.25) is 0 Å². The van der Waals surface area contributed by atoms with Gasteiger partial charge in [-0.05, 0) is 92.2 Å². The molecule has 3 aromatic carbocycles. The molecule has 6 heteroatoms. The molecule has 164 valence electrons. The maximum absolute atomic E-state index is 12.7. The van der Waals surface area contributed by atoms with Crippen LogP contribution in [0, 0.1) is 0 Å². The standard InChI is InChI=1S/C26H27N3O3/c1-32-24-13-11-23(12-14-24)27-25(30)20-7-9-22(10-8-20)28-26(31)21-6-4-5-19(17-21)18-29-15-2-3-16-29/h4-14,17H,2-3,15-16,18H2,1H3,(H,27,30)(H,28,31). The van der Waals surface area contributed by atoms with Gasteiger partial charge in [-0.1, -0.05) is 12.1 Å². The first-order valence-electron chi connectivity index (χ1n) is 10.8. The van der Waals surface area contributed by atoms with Crippen LogP contribution in [0.15, 0.2) is 72.8 Å². The van der Waals surface area contributed by atoms with Gasteiger partial charge < -0.3 is 15.4 Å². The van der Waals surface area contributed by atoms with Gasteiger partial charge in [-0.25, -0.2) is 0 Å². The van der Waals surface area contributed by atoms with E-state index in [1.165, 1.54) is 12.8 Å². The third kappa shape index (κ3) is 5.53. The number of carbonyl (C=O) groups is 2. The van der Waals surface area contributed by atoms with E-state index in [1.54, 1.807) is 55.6 Å². The van der Waals surface area contributed by atoms with Crippen molar-refractivity contribution in [2.75, 3.05) is 30.8 Å². The van der Waals surface area contributed by atoms with Gasteiger partial charge in [0.1, 0.15) is 5.75 Å². The van der Waals surface area contributed by atoms with E-state index in [4.69, 9.17) is 4.74 Å². The Balaban J connectivity index is 1.35. The Kier molecular flexibility index (Phi) is 6.82. The van der Waals surface area contributed by atoms with Gasteiger partial charge in [-0.15, -0.1) is 0 Å². The molecule has 0 aromatic heterocycles. The molecule has 1 heterocycles. The number of hydrogen-bond acceptors (Lipinski definition) is 4. The molecule has 0 bridgehead atoms. The van der Waals surface area contributed by atoms with E-state index in [0.29, 0.717) is 22.5 Å². The zero-order valence-corrected chi connectivity index (χ0v) is 18.1. The third-order valence-electron chi connectivity index (χ3n) is 5.55. The second-order valence-electron chi connectivity index (χ2n) is 7.90. The highest BCUT2D eigenvalue weighted by Gasteiger charge is 2.13. The van der Waals surface area contributed by atoms with Crippen LogP contribution in [0.4, 0.5) is 11.4 Å². The molecule has 6 nitrogen and oxygen atoms in total. The molecular formula is C26H27N3O3. The molecule has 2 N–H and O–H groups in total. The van der Waals surface area contributed by atoms with Crippen LogP contribution in [0.5, 0.6) is 5.75 Å². The van der Waals surface area contributed by atoms with Crippen molar-refractivity contribution in [1.82, 2.24) is 4.90 Å². The number of nitrogens with zero attached hydrogens (tertiary/aromatic N) is 1. The minimum atomic E-state index is -0.220. The summed E-state index contributed by atoms with van der Waals surface area (Å²) in [5.74, 6) is 0.344. The van der Waals surface area contributed by atoms with Gasteiger partial charge in [0.15, 0.2) is 0 Å². The van der Waals surface area contributed by atoms with E-state index in [0.717, 1.165) is 30.9 Å². The van der Waals surface area contributed by atoms with Crippen molar-refractivity contribution in [3.05, 3.63) is 89.5 Å². The molecule has 1 aliphatic heterocycles. The summed E-state index contributed by atoms with van der Waals surface area (Å²) in [6.07, 6.45) is 2.49. The number of methoxy groups -OCH3 is 1. The minimum absolute atomic E-state index is 0.163. The van der Waals surface area contributed by atoms with Crippen molar-refractivity contribution in [1.29, 1.82) is 0 Å². The van der Waals surface area contributed by atoms with E-state index < -0.39 is 0 Å². The lowest BCUT2D eigenvalue weighted by atomic mass is 10.1. The summed E-state index contributed by atoms with van der Waals surface area (Å²) in [6.45, 7) is 3.11. The van der Waals surface area contributed by atoms with Crippen molar-refractivity contribution in [3.63, 3.8) is 0 Å². The van der Waals surface area contributed by atoms with Gasteiger partial charge in [0.05, 0.1) is 7.11 Å². The Morgan fingerprint density at radius 3 is 2.03 bits per heavy atom. The largest absolute Gasteiger partial charge is 0.497 e. The Morgan fingerprint density at radius 1 is 0.812 bits per heavy atom. The molecule has 0 atom stereocenters. The Hall–Kier alpha value is -3.64. The first-order chi connectivity index (χ1) is 15.6. The van der Waals surface area contributed by atoms with E-state index in [1.807, 2.05) is 18.2 Å². The number of hydrogen-bond donors (Lipinski definition) is 2. The second-order valence-corrected chi connectivity index (χ2v) is 7.90. The topological polar surface area (TPSA) is 70.7 Å². The summed E-state index contributed by atoms with van der Waals surface area (Å²) in [4.78, 5) is 27.6. The summed E-state index contributed by atoms with van der Waals surface area (Å²) in [5, 5.41) is 5.75. The zero-order chi connectivity index (χ0) is 22.3. The predicted octanol–water partition coefficient (Wildman–Crippen LogP) is 4.80. The van der Waals surface area contributed by atoms with Crippen LogP contribution in [0.2, 0.25) is 0 Å². The Bertz CT molecular complexity index is 1070. The van der Waals surface area contributed by atoms with Gasteiger partial charge in [0.25, 0.3) is 11.8 Å². The highest BCUT2D eigenvalue weighted by Crippen LogP contribution is 2.18. The van der Waals surface area contributed by atoms with Gasteiger partial charge in [-0.2, -0.15) is 0 Å². The number of benzene rings is 3. The number of amides is 2. The summed E-state index contributed by atoms with van der Waals surface area (Å²) in [5.41, 5.74) is 3.60. The van der Waals surface area contributed by atoms with E-state index in [-0.39, 0.29) is 11.8 Å². The van der Waals surface area contributed by atoms with Crippen LogP contribution < -0.4 is 15.4 Å². The van der Waals surface area contributed by atoms with Gasteiger partial charge in [-0.3, -0.25) is 14.5 Å². The number of anilines is 2. The monoisotopic (exact) mass is 429 g/mol. The fraction of sp³-hybridized carbons (Fsp3) is 0.231.